The molecule has 0 amide bonds. The lowest BCUT2D eigenvalue weighted by Crippen LogP contribution is -2.00. The summed E-state index contributed by atoms with van der Waals surface area (Å²) in [7, 11) is 0. The van der Waals surface area contributed by atoms with Crippen molar-refractivity contribution in [2.45, 2.75) is 33.1 Å². The van der Waals surface area contributed by atoms with E-state index in [1.165, 1.54) is 11.7 Å². The molecule has 0 aliphatic rings. The number of aromatic amines is 4. The van der Waals surface area contributed by atoms with Gasteiger partial charge >= 0.3 is 11.4 Å². The molecule has 0 aliphatic carbocycles. The molecule has 6 rings (SSSR count). The maximum absolute atomic E-state index is 12.1. The van der Waals surface area contributed by atoms with E-state index in [-0.39, 0.29) is 17.3 Å². The number of hydrogen-bond donors (Lipinski definition) is 4. The highest BCUT2D eigenvalue weighted by atomic mass is 32.1. The Morgan fingerprint density at radius 1 is 0.812 bits per heavy atom. The second-order valence-electron chi connectivity index (χ2n) is 7.94. The van der Waals surface area contributed by atoms with Gasteiger partial charge in [-0.2, -0.15) is 8.75 Å². The third kappa shape index (κ3) is 2.71. The number of imidazole rings is 2. The van der Waals surface area contributed by atoms with E-state index in [0.29, 0.717) is 0 Å². The third-order valence-electron chi connectivity index (χ3n) is 5.62. The highest BCUT2D eigenvalue weighted by molar-refractivity contribution is 7.18. The minimum atomic E-state index is -0.209. The van der Waals surface area contributed by atoms with Crippen LogP contribution in [0.1, 0.15) is 36.4 Å². The summed E-state index contributed by atoms with van der Waals surface area (Å²) < 4.78 is 9.24. The van der Waals surface area contributed by atoms with Gasteiger partial charge in [0.05, 0.1) is 43.5 Å². The molecule has 0 saturated carbocycles. The molecule has 6 aromatic rings. The monoisotopic (exact) mass is 482 g/mol. The highest BCUT2D eigenvalue weighted by Crippen LogP contribution is 2.45. The Labute approximate surface area is 192 Å². The van der Waals surface area contributed by atoms with Gasteiger partial charge in [-0.15, -0.1) is 22.7 Å². The SMILES string of the molecule is CCc1sc(-c2ccc(-c3sc(C(C)C)c4[nH]c(=O)[nH]c34)c3nsnc23)c2[nH]c(=O)[nH]c12. The lowest BCUT2D eigenvalue weighted by atomic mass is 10.0. The quantitative estimate of drug-likeness (QED) is 0.277. The van der Waals surface area contributed by atoms with E-state index in [2.05, 4.69) is 49.5 Å². The Hall–Kier alpha value is -3.02. The first-order valence-corrected chi connectivity index (χ1v) is 12.6. The number of thiophene rings is 2. The van der Waals surface area contributed by atoms with Crippen molar-refractivity contribution in [3.63, 3.8) is 0 Å². The number of hydrogen-bond acceptors (Lipinski definition) is 7. The maximum atomic E-state index is 12.1. The molecule has 8 nitrogen and oxygen atoms in total. The van der Waals surface area contributed by atoms with Crippen LogP contribution in [0, 0.1) is 0 Å². The van der Waals surface area contributed by atoms with E-state index in [9.17, 15) is 9.59 Å². The van der Waals surface area contributed by atoms with Crippen LogP contribution in [0.5, 0.6) is 0 Å². The van der Waals surface area contributed by atoms with Crippen LogP contribution >= 0.6 is 34.4 Å². The molecular formula is C21H18N6O2S3. The molecule has 0 fully saturated rings. The summed E-state index contributed by atoms with van der Waals surface area (Å²) in [6.07, 6.45) is 0.831. The molecule has 0 spiro atoms. The molecule has 5 heterocycles. The Morgan fingerprint density at radius 2 is 1.34 bits per heavy atom. The number of aromatic nitrogens is 6. The summed E-state index contributed by atoms with van der Waals surface area (Å²) in [5, 5.41) is 0. The molecule has 1 aromatic carbocycles. The van der Waals surface area contributed by atoms with Gasteiger partial charge in [-0.3, -0.25) is 0 Å². The third-order valence-corrected chi connectivity index (χ3v) is 9.04. The number of nitrogens with zero attached hydrogens (tertiary/aromatic N) is 2. The van der Waals surface area contributed by atoms with Crippen molar-refractivity contribution < 1.29 is 0 Å². The zero-order valence-corrected chi connectivity index (χ0v) is 19.8. The fourth-order valence-electron chi connectivity index (χ4n) is 4.21. The number of benzene rings is 1. The zero-order valence-electron chi connectivity index (χ0n) is 17.4. The lowest BCUT2D eigenvalue weighted by molar-refractivity contribution is 0.894. The van der Waals surface area contributed by atoms with Gasteiger partial charge in [-0.25, -0.2) is 9.59 Å². The molecule has 0 saturated heterocycles. The Morgan fingerprint density at radius 3 is 1.94 bits per heavy atom. The van der Waals surface area contributed by atoms with Gasteiger partial charge in [0.25, 0.3) is 0 Å². The zero-order chi connectivity index (χ0) is 22.1. The van der Waals surface area contributed by atoms with Crippen molar-refractivity contribution >= 4 is 67.5 Å². The van der Waals surface area contributed by atoms with Crippen molar-refractivity contribution in [1.29, 1.82) is 0 Å². The summed E-state index contributed by atoms with van der Waals surface area (Å²) in [6.45, 7) is 6.32. The summed E-state index contributed by atoms with van der Waals surface area (Å²) in [5.74, 6) is 0.281. The van der Waals surface area contributed by atoms with Gasteiger partial charge in [0, 0.05) is 20.9 Å². The Balaban J connectivity index is 1.63. The highest BCUT2D eigenvalue weighted by Gasteiger charge is 2.23. The van der Waals surface area contributed by atoms with E-state index in [1.807, 2.05) is 12.1 Å². The molecule has 11 heteroatoms. The first-order valence-electron chi connectivity index (χ1n) is 10.2. The number of H-pyrrole nitrogens is 4. The van der Waals surface area contributed by atoms with Gasteiger partial charge < -0.3 is 19.9 Å². The van der Waals surface area contributed by atoms with Crippen LogP contribution in [-0.2, 0) is 6.42 Å². The number of nitrogens with one attached hydrogen (secondary N) is 4. The topological polar surface area (TPSA) is 123 Å². The van der Waals surface area contributed by atoms with E-state index < -0.39 is 0 Å². The summed E-state index contributed by atoms with van der Waals surface area (Å²) in [4.78, 5) is 40.0. The molecule has 0 radical (unpaired) electrons. The van der Waals surface area contributed by atoms with E-state index >= 15 is 0 Å². The average Bonchev–Trinajstić information content (AvgIpc) is 3.53. The predicted octanol–water partition coefficient (Wildman–Crippen LogP) is 5.17. The second kappa shape index (κ2) is 6.99. The molecule has 0 bridgehead atoms. The van der Waals surface area contributed by atoms with E-state index in [4.69, 9.17) is 0 Å². The smallest absolute Gasteiger partial charge is 0.305 e. The van der Waals surface area contributed by atoms with Gasteiger partial charge in [-0.05, 0) is 12.3 Å². The summed E-state index contributed by atoms with van der Waals surface area (Å²) >= 11 is 4.50. The predicted molar refractivity (Wildman–Crippen MR) is 132 cm³/mol. The molecule has 162 valence electrons. The van der Waals surface area contributed by atoms with Crippen LogP contribution in [-0.4, -0.2) is 28.7 Å². The van der Waals surface area contributed by atoms with E-state index in [1.54, 1.807) is 22.7 Å². The Kier molecular flexibility index (Phi) is 4.29. The fraction of sp³-hybridized carbons (Fsp3) is 0.238. The van der Waals surface area contributed by atoms with Gasteiger partial charge in [0.15, 0.2) is 0 Å². The molecule has 0 atom stereocenters. The van der Waals surface area contributed by atoms with Crippen molar-refractivity contribution in [3.05, 3.63) is 42.9 Å². The van der Waals surface area contributed by atoms with Crippen LogP contribution in [0.15, 0.2) is 21.7 Å². The second-order valence-corrected chi connectivity index (χ2v) is 10.6. The fourth-order valence-corrected chi connectivity index (χ4v) is 7.20. The van der Waals surface area contributed by atoms with Crippen LogP contribution in [0.3, 0.4) is 0 Å². The minimum absolute atomic E-state index is 0.207. The van der Waals surface area contributed by atoms with Crippen LogP contribution in [0.2, 0.25) is 0 Å². The standard InChI is InChI=1S/C21H18N6O2S3/c1-4-10-13-14(23-20(28)22-13)18(30-10)8-5-6-9(12-11(8)26-32-27-12)19-16-15(24-21(29)25-16)17(31-19)7(2)3/h5-7H,4H2,1-3H3,(H2,22,23,28)(H2,24,25,29). The average molecular weight is 483 g/mol. The van der Waals surface area contributed by atoms with Gasteiger partial charge in [0.1, 0.15) is 11.0 Å². The van der Waals surface area contributed by atoms with Gasteiger partial charge in [-0.1, -0.05) is 32.9 Å². The number of rotatable bonds is 4. The van der Waals surface area contributed by atoms with Gasteiger partial charge in [0.2, 0.25) is 0 Å². The summed E-state index contributed by atoms with van der Waals surface area (Å²) in [6, 6.07) is 4.09. The molecule has 0 aliphatic heterocycles. The number of fused-ring (bicyclic) bond motifs is 3. The van der Waals surface area contributed by atoms with E-state index in [0.717, 1.165) is 70.2 Å². The Bertz CT molecular complexity index is 1750. The van der Waals surface area contributed by atoms with Crippen molar-refractivity contribution in [2.75, 3.05) is 0 Å². The van der Waals surface area contributed by atoms with Crippen LogP contribution < -0.4 is 11.4 Å². The molecule has 4 N–H and O–H groups in total. The number of aryl methyl sites for hydroxylation is 1. The molecule has 32 heavy (non-hydrogen) atoms. The van der Waals surface area contributed by atoms with Crippen molar-refractivity contribution in [2.24, 2.45) is 0 Å². The van der Waals surface area contributed by atoms with Crippen molar-refractivity contribution in [1.82, 2.24) is 28.7 Å². The molecule has 0 unspecified atom stereocenters. The van der Waals surface area contributed by atoms with Crippen LogP contribution in [0.25, 0.3) is 54.0 Å². The first kappa shape index (κ1) is 19.6. The van der Waals surface area contributed by atoms with Crippen molar-refractivity contribution in [3.8, 4) is 20.9 Å². The maximum Gasteiger partial charge on any atom is 0.323 e. The van der Waals surface area contributed by atoms with Crippen LogP contribution in [0.4, 0.5) is 0 Å². The summed E-state index contributed by atoms with van der Waals surface area (Å²) in [5.41, 5.74) is 6.43. The largest absolute Gasteiger partial charge is 0.323 e. The molecular weight excluding hydrogens is 464 g/mol. The molecule has 5 aromatic heterocycles. The minimum Gasteiger partial charge on any atom is -0.305 e. The first-order chi connectivity index (χ1) is 15.5. The normalized spacial score (nSPS) is 12.2. The lowest BCUT2D eigenvalue weighted by Gasteiger charge is -2.04.